The maximum atomic E-state index is 13.0. The average Bonchev–Trinajstić information content (AvgIpc) is 2.04. The lowest BCUT2D eigenvalue weighted by molar-refractivity contribution is 0.343. The zero-order valence-corrected chi connectivity index (χ0v) is 6.92. The molecule has 0 spiro atoms. The Morgan fingerprint density at radius 3 is 2.83 bits per heavy atom. The molecule has 0 heterocycles. The fourth-order valence-corrected chi connectivity index (χ4v) is 1.03. The largest absolute Gasteiger partial charge is 0.392 e. The van der Waals surface area contributed by atoms with E-state index in [2.05, 4.69) is 0 Å². The van der Waals surface area contributed by atoms with Crippen molar-refractivity contribution in [2.75, 3.05) is 6.61 Å². The second kappa shape index (κ2) is 4.02. The van der Waals surface area contributed by atoms with Gasteiger partial charge >= 0.3 is 0 Å². The van der Waals surface area contributed by atoms with Crippen LogP contribution < -0.4 is 0 Å². The van der Waals surface area contributed by atoms with Crippen LogP contribution in [0.5, 0.6) is 0 Å². The van der Waals surface area contributed by atoms with E-state index in [0.29, 0.717) is 5.56 Å². The summed E-state index contributed by atoms with van der Waals surface area (Å²) >= 11 is 0. The number of hydrogen-bond acceptors (Lipinski definition) is 1. The second-order valence-electron chi connectivity index (χ2n) is 2.56. The molecule has 0 aliphatic rings. The molecule has 0 atom stereocenters. The van der Waals surface area contributed by atoms with Gasteiger partial charge < -0.3 is 5.11 Å². The Labute approximate surface area is 71.2 Å². The van der Waals surface area contributed by atoms with Crippen LogP contribution in [0.4, 0.5) is 4.39 Å². The summed E-state index contributed by atoms with van der Waals surface area (Å²) in [6, 6.07) is 4.91. The average molecular weight is 166 g/mol. The third-order valence-corrected chi connectivity index (χ3v) is 1.66. The first kappa shape index (κ1) is 8.94. The quantitative estimate of drug-likeness (QED) is 0.713. The summed E-state index contributed by atoms with van der Waals surface area (Å²) in [6.07, 6.45) is 3.11. The molecule has 1 aromatic rings. The van der Waals surface area contributed by atoms with Crippen molar-refractivity contribution >= 4 is 6.08 Å². The van der Waals surface area contributed by atoms with Crippen LogP contribution in [0.25, 0.3) is 6.08 Å². The van der Waals surface area contributed by atoms with Gasteiger partial charge in [0.2, 0.25) is 0 Å². The van der Waals surface area contributed by atoms with Crippen molar-refractivity contribution in [3.05, 3.63) is 41.2 Å². The zero-order chi connectivity index (χ0) is 8.97. The highest BCUT2D eigenvalue weighted by Gasteiger charge is 1.99. The third-order valence-electron chi connectivity index (χ3n) is 1.66. The van der Waals surface area contributed by atoms with E-state index >= 15 is 0 Å². The highest BCUT2D eigenvalue weighted by atomic mass is 19.1. The molecule has 0 aliphatic carbocycles. The van der Waals surface area contributed by atoms with Crippen molar-refractivity contribution in [1.29, 1.82) is 0 Å². The fraction of sp³-hybridized carbons (Fsp3) is 0.200. The zero-order valence-electron chi connectivity index (χ0n) is 6.92. The molecule has 0 radical (unpaired) electrons. The van der Waals surface area contributed by atoms with E-state index in [4.69, 9.17) is 5.11 Å². The molecule has 0 aromatic heterocycles. The molecule has 1 N–H and O–H groups in total. The van der Waals surface area contributed by atoms with E-state index in [1.807, 2.05) is 13.0 Å². The second-order valence-corrected chi connectivity index (χ2v) is 2.56. The van der Waals surface area contributed by atoms with E-state index in [-0.39, 0.29) is 12.4 Å². The lowest BCUT2D eigenvalue weighted by atomic mass is 10.1. The molecule has 0 amide bonds. The Bertz CT molecular complexity index is 272. The maximum absolute atomic E-state index is 13.0. The normalized spacial score (nSPS) is 10.9. The van der Waals surface area contributed by atoms with Gasteiger partial charge in [-0.1, -0.05) is 24.3 Å². The number of aliphatic hydroxyl groups is 1. The van der Waals surface area contributed by atoms with Gasteiger partial charge in [0, 0.05) is 5.56 Å². The van der Waals surface area contributed by atoms with Crippen molar-refractivity contribution < 1.29 is 9.50 Å². The standard InChI is InChI=1S/C10H11FO/c1-8-4-2-6-10(11)9(8)5-3-7-12/h2-6,12H,7H2,1H3/b5-3+. The molecule has 1 rings (SSSR count). The number of benzene rings is 1. The smallest absolute Gasteiger partial charge is 0.130 e. The summed E-state index contributed by atoms with van der Waals surface area (Å²) in [6.45, 7) is 1.77. The molecular weight excluding hydrogens is 155 g/mol. The molecule has 64 valence electrons. The minimum Gasteiger partial charge on any atom is -0.392 e. The molecule has 0 aliphatic heterocycles. The summed E-state index contributed by atoms with van der Waals surface area (Å²) in [5.41, 5.74) is 1.42. The number of aryl methyl sites for hydroxylation is 1. The predicted octanol–water partition coefficient (Wildman–Crippen LogP) is 2.14. The molecule has 0 fully saturated rings. The number of halogens is 1. The molecule has 0 saturated heterocycles. The van der Waals surface area contributed by atoms with Gasteiger partial charge in [-0.25, -0.2) is 4.39 Å². The van der Waals surface area contributed by atoms with E-state index in [0.717, 1.165) is 5.56 Å². The van der Waals surface area contributed by atoms with E-state index in [1.165, 1.54) is 12.1 Å². The maximum Gasteiger partial charge on any atom is 0.130 e. The first-order chi connectivity index (χ1) is 5.75. The highest BCUT2D eigenvalue weighted by molar-refractivity contribution is 5.54. The molecule has 0 unspecified atom stereocenters. The highest BCUT2D eigenvalue weighted by Crippen LogP contribution is 2.13. The Kier molecular flexibility index (Phi) is 3.00. The Morgan fingerprint density at radius 2 is 2.25 bits per heavy atom. The summed E-state index contributed by atoms with van der Waals surface area (Å²) in [5, 5.41) is 8.50. The molecule has 1 nitrogen and oxygen atoms in total. The van der Waals surface area contributed by atoms with Crippen molar-refractivity contribution in [2.24, 2.45) is 0 Å². The van der Waals surface area contributed by atoms with Gasteiger partial charge in [0.05, 0.1) is 6.61 Å². The van der Waals surface area contributed by atoms with Crippen LogP contribution in [-0.4, -0.2) is 11.7 Å². The summed E-state index contributed by atoms with van der Waals surface area (Å²) < 4.78 is 13.0. The van der Waals surface area contributed by atoms with Gasteiger partial charge in [0.1, 0.15) is 5.82 Å². The summed E-state index contributed by atoms with van der Waals surface area (Å²) in [4.78, 5) is 0. The first-order valence-corrected chi connectivity index (χ1v) is 3.78. The summed E-state index contributed by atoms with van der Waals surface area (Å²) in [7, 11) is 0. The Hall–Kier alpha value is -1.15. The van der Waals surface area contributed by atoms with Crippen LogP contribution in [0.1, 0.15) is 11.1 Å². The van der Waals surface area contributed by atoms with Crippen LogP contribution in [0.15, 0.2) is 24.3 Å². The molecule has 0 saturated carbocycles. The first-order valence-electron chi connectivity index (χ1n) is 3.78. The van der Waals surface area contributed by atoms with Crippen molar-refractivity contribution in [3.8, 4) is 0 Å². The molecule has 2 heteroatoms. The van der Waals surface area contributed by atoms with Crippen molar-refractivity contribution in [1.82, 2.24) is 0 Å². The minimum absolute atomic E-state index is 0.0617. The topological polar surface area (TPSA) is 20.2 Å². The van der Waals surface area contributed by atoms with Gasteiger partial charge in [0.15, 0.2) is 0 Å². The van der Waals surface area contributed by atoms with Gasteiger partial charge in [-0.2, -0.15) is 0 Å². The molecular formula is C10H11FO. The van der Waals surface area contributed by atoms with Gasteiger partial charge in [0.25, 0.3) is 0 Å². The molecule has 1 aromatic carbocycles. The minimum atomic E-state index is -0.250. The Morgan fingerprint density at radius 1 is 1.50 bits per heavy atom. The van der Waals surface area contributed by atoms with E-state index in [9.17, 15) is 4.39 Å². The summed E-state index contributed by atoms with van der Waals surface area (Å²) in [5.74, 6) is -0.250. The van der Waals surface area contributed by atoms with Crippen LogP contribution in [0, 0.1) is 12.7 Å². The monoisotopic (exact) mass is 166 g/mol. The van der Waals surface area contributed by atoms with Crippen molar-refractivity contribution in [2.45, 2.75) is 6.92 Å². The van der Waals surface area contributed by atoms with Gasteiger partial charge in [-0.3, -0.25) is 0 Å². The number of aliphatic hydroxyl groups excluding tert-OH is 1. The van der Waals surface area contributed by atoms with Crippen LogP contribution in [0.2, 0.25) is 0 Å². The number of hydrogen-bond donors (Lipinski definition) is 1. The van der Waals surface area contributed by atoms with Crippen LogP contribution in [-0.2, 0) is 0 Å². The number of rotatable bonds is 2. The van der Waals surface area contributed by atoms with E-state index in [1.54, 1.807) is 12.1 Å². The fourth-order valence-electron chi connectivity index (χ4n) is 1.03. The Balaban J connectivity index is 3.04. The predicted molar refractivity (Wildman–Crippen MR) is 47.3 cm³/mol. The van der Waals surface area contributed by atoms with Gasteiger partial charge in [-0.05, 0) is 18.6 Å². The van der Waals surface area contributed by atoms with Gasteiger partial charge in [-0.15, -0.1) is 0 Å². The lowest BCUT2D eigenvalue weighted by Gasteiger charge is -2.00. The molecule has 0 bridgehead atoms. The van der Waals surface area contributed by atoms with Crippen molar-refractivity contribution in [3.63, 3.8) is 0 Å². The third kappa shape index (κ3) is 1.92. The van der Waals surface area contributed by atoms with E-state index < -0.39 is 0 Å². The SMILES string of the molecule is Cc1cccc(F)c1/C=C/CO. The lowest BCUT2D eigenvalue weighted by Crippen LogP contribution is -1.86. The molecule has 12 heavy (non-hydrogen) atoms. The van der Waals surface area contributed by atoms with Crippen LogP contribution in [0.3, 0.4) is 0 Å². The van der Waals surface area contributed by atoms with Crippen LogP contribution >= 0.6 is 0 Å².